The molecule has 0 rings (SSSR count). The molecule has 0 aromatic carbocycles. The maximum absolute atomic E-state index is 10.4. The summed E-state index contributed by atoms with van der Waals surface area (Å²) in [5, 5.41) is 24.7. The van der Waals surface area contributed by atoms with Gasteiger partial charge >= 0.3 is 82.5 Å². The number of aliphatic carboxylic acids is 3. The predicted molar refractivity (Wildman–Crippen MR) is 48.9 cm³/mol. The van der Waals surface area contributed by atoms with Crippen molar-refractivity contribution in [3.8, 4) is 0 Å². The van der Waals surface area contributed by atoms with Gasteiger partial charge in [0, 0.05) is 0 Å². The zero-order valence-corrected chi connectivity index (χ0v) is 9.51. The Kier molecular flexibility index (Phi) is 4.63. The standard InChI is InChI=1S/C7H12AsO6/c1-8(2-5(9)10,3-6(11)12)4-7(13)14/h2-4H2,1H3,(H,9,10)(H,11,12)(H,13,14). The van der Waals surface area contributed by atoms with Crippen LogP contribution in [0.2, 0.25) is 21.3 Å². The SMILES string of the molecule is C[As](CC(=O)O)(CC(=O)O)CC(=O)O. The summed E-state index contributed by atoms with van der Waals surface area (Å²) in [6.07, 6.45) is 0. The number of carboxylic acids is 3. The van der Waals surface area contributed by atoms with Gasteiger partial charge < -0.3 is 0 Å². The molecular formula is C7H12AsO6. The fraction of sp³-hybridized carbons (Fsp3) is 0.571. The van der Waals surface area contributed by atoms with Crippen molar-refractivity contribution in [2.24, 2.45) is 0 Å². The Bertz CT molecular complexity index is 220. The first kappa shape index (κ1) is 13.0. The van der Waals surface area contributed by atoms with E-state index in [2.05, 4.69) is 0 Å². The minimum atomic E-state index is -3.09. The molecular weight excluding hydrogens is 255 g/mol. The van der Waals surface area contributed by atoms with Crippen LogP contribution in [0.1, 0.15) is 0 Å². The van der Waals surface area contributed by atoms with Gasteiger partial charge in [0.25, 0.3) is 0 Å². The van der Waals surface area contributed by atoms with Crippen molar-refractivity contribution in [2.75, 3.05) is 0 Å². The van der Waals surface area contributed by atoms with E-state index in [0.29, 0.717) is 0 Å². The molecule has 0 spiro atoms. The number of carboxylic acid groups (broad SMARTS) is 3. The molecule has 0 aliphatic heterocycles. The Balaban J connectivity index is 4.56. The van der Waals surface area contributed by atoms with Crippen molar-refractivity contribution in [1.82, 2.24) is 0 Å². The zero-order chi connectivity index (χ0) is 11.4. The van der Waals surface area contributed by atoms with Crippen LogP contribution in [-0.4, -0.2) is 46.8 Å². The fourth-order valence-electron chi connectivity index (χ4n) is 1.15. The van der Waals surface area contributed by atoms with Crippen molar-refractivity contribution in [3.63, 3.8) is 0 Å². The first-order valence-electron chi connectivity index (χ1n) is 3.74. The van der Waals surface area contributed by atoms with Gasteiger partial charge in [-0.05, 0) is 0 Å². The predicted octanol–water partition coefficient (Wildman–Crippen LogP) is 0.319. The Morgan fingerprint density at radius 3 is 1.21 bits per heavy atom. The van der Waals surface area contributed by atoms with Crippen molar-refractivity contribution < 1.29 is 29.7 Å². The van der Waals surface area contributed by atoms with Crippen LogP contribution in [0.4, 0.5) is 0 Å². The summed E-state index contributed by atoms with van der Waals surface area (Å²) in [6.45, 7) is 0. The second-order valence-electron chi connectivity index (χ2n) is 3.28. The summed E-state index contributed by atoms with van der Waals surface area (Å²) in [7, 11) is 0. The molecule has 0 aromatic rings. The first-order chi connectivity index (χ1) is 6.25. The van der Waals surface area contributed by atoms with E-state index in [9.17, 15) is 14.4 Å². The molecule has 0 heterocycles. The Morgan fingerprint density at radius 2 is 1.07 bits per heavy atom. The molecule has 6 nitrogen and oxygen atoms in total. The molecule has 0 unspecified atom stereocenters. The van der Waals surface area contributed by atoms with Crippen LogP contribution in [0.3, 0.4) is 0 Å². The maximum atomic E-state index is 10.4. The molecule has 14 heavy (non-hydrogen) atoms. The summed E-state index contributed by atoms with van der Waals surface area (Å²) in [4.78, 5) is 31.3. The third-order valence-electron chi connectivity index (χ3n) is 1.55. The van der Waals surface area contributed by atoms with E-state index >= 15 is 0 Å². The molecule has 0 aromatic heterocycles. The molecule has 0 amide bonds. The Hall–Kier alpha value is -1.03. The van der Waals surface area contributed by atoms with E-state index in [1.54, 1.807) is 0 Å². The van der Waals surface area contributed by atoms with Crippen LogP contribution in [0.15, 0.2) is 0 Å². The first-order valence-corrected chi connectivity index (χ1v) is 9.60. The topological polar surface area (TPSA) is 112 Å². The molecule has 7 heteroatoms. The molecule has 3 N–H and O–H groups in total. The second-order valence-corrected chi connectivity index (χ2v) is 12.1. The van der Waals surface area contributed by atoms with E-state index in [1.165, 1.54) is 5.71 Å². The molecule has 0 aliphatic rings. The number of hydrogen-bond acceptors (Lipinski definition) is 3. The molecule has 0 saturated carbocycles. The summed E-state index contributed by atoms with van der Waals surface area (Å²) in [5.41, 5.74) is 1.51. The average molecular weight is 267 g/mol. The summed E-state index contributed by atoms with van der Waals surface area (Å²) in [6, 6.07) is 0. The third-order valence-corrected chi connectivity index (χ3v) is 8.06. The Morgan fingerprint density at radius 1 is 0.857 bits per heavy atom. The normalized spacial score (nSPS) is 10.9. The molecule has 0 aliphatic carbocycles. The summed E-state index contributed by atoms with van der Waals surface area (Å²) >= 11 is -3.09. The summed E-state index contributed by atoms with van der Waals surface area (Å²) < 4.78 is 0. The molecule has 81 valence electrons. The molecule has 0 bridgehead atoms. The number of carbonyl (C=O) groups is 3. The van der Waals surface area contributed by atoms with Gasteiger partial charge in [-0.2, -0.15) is 0 Å². The van der Waals surface area contributed by atoms with Gasteiger partial charge in [-0.3, -0.25) is 0 Å². The molecule has 0 atom stereocenters. The van der Waals surface area contributed by atoms with Crippen LogP contribution in [-0.2, 0) is 14.4 Å². The van der Waals surface area contributed by atoms with Crippen LogP contribution in [0, 0.1) is 0 Å². The van der Waals surface area contributed by atoms with Gasteiger partial charge in [-0.15, -0.1) is 0 Å². The van der Waals surface area contributed by atoms with Crippen LogP contribution >= 0.6 is 0 Å². The van der Waals surface area contributed by atoms with Crippen LogP contribution in [0.25, 0.3) is 0 Å². The summed E-state index contributed by atoms with van der Waals surface area (Å²) in [5.74, 6) is -3.37. The van der Waals surface area contributed by atoms with Crippen molar-refractivity contribution in [2.45, 2.75) is 21.3 Å². The van der Waals surface area contributed by atoms with Gasteiger partial charge in [0.15, 0.2) is 0 Å². The van der Waals surface area contributed by atoms with E-state index < -0.39 is 31.5 Å². The monoisotopic (exact) mass is 267 g/mol. The number of hydrogen-bond donors (Lipinski definition) is 3. The van der Waals surface area contributed by atoms with Gasteiger partial charge in [0.2, 0.25) is 0 Å². The van der Waals surface area contributed by atoms with Gasteiger partial charge in [0.1, 0.15) is 0 Å². The minimum absolute atomic E-state index is 0.295. The van der Waals surface area contributed by atoms with Crippen LogP contribution in [0.5, 0.6) is 0 Å². The average Bonchev–Trinajstić information content (AvgIpc) is 1.76. The van der Waals surface area contributed by atoms with Gasteiger partial charge in [-0.1, -0.05) is 0 Å². The van der Waals surface area contributed by atoms with Gasteiger partial charge in [-0.25, -0.2) is 0 Å². The van der Waals surface area contributed by atoms with E-state index in [0.717, 1.165) is 0 Å². The van der Waals surface area contributed by atoms with Gasteiger partial charge in [0.05, 0.1) is 0 Å². The van der Waals surface area contributed by atoms with E-state index in [-0.39, 0.29) is 15.6 Å². The third kappa shape index (κ3) is 5.59. The van der Waals surface area contributed by atoms with E-state index in [1.807, 2.05) is 0 Å². The molecule has 0 fully saturated rings. The molecule has 0 saturated heterocycles. The van der Waals surface area contributed by atoms with E-state index in [4.69, 9.17) is 15.3 Å². The zero-order valence-electron chi connectivity index (χ0n) is 7.63. The molecule has 1 radical (unpaired) electrons. The quantitative estimate of drug-likeness (QED) is 0.597. The fourth-order valence-corrected chi connectivity index (χ4v) is 5.96. The van der Waals surface area contributed by atoms with Crippen molar-refractivity contribution >= 4 is 31.5 Å². The second kappa shape index (κ2) is 5.00. The van der Waals surface area contributed by atoms with Crippen molar-refractivity contribution in [3.05, 3.63) is 0 Å². The van der Waals surface area contributed by atoms with Crippen molar-refractivity contribution in [1.29, 1.82) is 0 Å². The number of rotatable bonds is 6. The van der Waals surface area contributed by atoms with Crippen LogP contribution < -0.4 is 0 Å². The Labute approximate surface area is 83.0 Å².